The molecule has 2 N–H and O–H groups in total. The van der Waals surface area contributed by atoms with Gasteiger partial charge in [-0.15, -0.1) is 12.6 Å². The number of allylic oxidation sites excluding steroid dienone is 5. The Kier molecular flexibility index (Phi) is 15.9. The summed E-state index contributed by atoms with van der Waals surface area (Å²) in [6, 6.07) is 18.6. The monoisotopic (exact) mass is 597 g/mol. The van der Waals surface area contributed by atoms with Crippen LogP contribution in [0.1, 0.15) is 69.8 Å². The van der Waals surface area contributed by atoms with E-state index in [1.807, 2.05) is 79.9 Å². The standard InChI is InChI=1S/C25H28N4O2.C8H9NS.C2H6/c1-3-4-5-6-7-8-12-17-29-23-16-15-21(18-22(23)28-25(29)26-19(2)30)27-24(31)20-13-10-9-11-14-20;1-2-8(10)7-4-3-5-9-6-7;1-2/h4-7,9-11,13-16,18H,3,8,12,17H2,1-2H3,(H,27,31)(H,26,28,30);2-6,10H,1H3;1-2H3/b5-4-,7-6-;8-2-;. The van der Waals surface area contributed by atoms with Gasteiger partial charge in [0.15, 0.2) is 0 Å². The normalized spacial score (nSPS) is 11.1. The van der Waals surface area contributed by atoms with Crippen molar-refractivity contribution in [3.63, 3.8) is 0 Å². The molecule has 2 heterocycles. The maximum atomic E-state index is 12.4. The minimum atomic E-state index is -0.176. The van der Waals surface area contributed by atoms with Crippen molar-refractivity contribution in [3.05, 3.63) is 115 Å². The number of nitrogens with one attached hydrogen (secondary N) is 2. The van der Waals surface area contributed by atoms with Crippen molar-refractivity contribution in [2.45, 2.75) is 60.4 Å². The summed E-state index contributed by atoms with van der Waals surface area (Å²) in [5, 5.41) is 5.72. The van der Waals surface area contributed by atoms with Crippen LogP contribution in [0.4, 0.5) is 11.6 Å². The van der Waals surface area contributed by atoms with Gasteiger partial charge < -0.3 is 9.88 Å². The Morgan fingerprint density at radius 1 is 0.953 bits per heavy atom. The minimum absolute atomic E-state index is 0.168. The van der Waals surface area contributed by atoms with E-state index >= 15 is 0 Å². The number of nitrogens with zero attached hydrogens (tertiary/aromatic N) is 3. The highest BCUT2D eigenvalue weighted by molar-refractivity contribution is 7.90. The summed E-state index contributed by atoms with van der Waals surface area (Å²) in [5.41, 5.74) is 3.95. The number of amides is 2. The van der Waals surface area contributed by atoms with Crippen molar-refractivity contribution >= 4 is 52.0 Å². The number of hydrogen-bond acceptors (Lipinski definition) is 5. The van der Waals surface area contributed by atoms with Crippen LogP contribution in [-0.4, -0.2) is 26.3 Å². The van der Waals surface area contributed by atoms with Crippen molar-refractivity contribution in [2.75, 3.05) is 10.6 Å². The molecule has 2 aromatic heterocycles. The molecule has 0 aliphatic carbocycles. The molecule has 0 saturated heterocycles. The van der Waals surface area contributed by atoms with Crippen LogP contribution >= 0.6 is 12.6 Å². The fourth-order valence-corrected chi connectivity index (χ4v) is 4.05. The van der Waals surface area contributed by atoms with Gasteiger partial charge in [0.1, 0.15) is 0 Å². The van der Waals surface area contributed by atoms with Crippen molar-refractivity contribution in [1.29, 1.82) is 0 Å². The zero-order chi connectivity index (χ0) is 31.5. The van der Waals surface area contributed by atoms with Crippen molar-refractivity contribution in [1.82, 2.24) is 14.5 Å². The van der Waals surface area contributed by atoms with E-state index in [1.165, 1.54) is 6.92 Å². The summed E-state index contributed by atoms with van der Waals surface area (Å²) in [6.45, 7) is 10.3. The van der Waals surface area contributed by atoms with Crippen LogP contribution in [-0.2, 0) is 11.3 Å². The molecule has 226 valence electrons. The first-order chi connectivity index (χ1) is 20.9. The predicted octanol–water partition coefficient (Wildman–Crippen LogP) is 8.95. The van der Waals surface area contributed by atoms with Crippen LogP contribution in [0.3, 0.4) is 0 Å². The Morgan fingerprint density at radius 2 is 1.67 bits per heavy atom. The Bertz CT molecular complexity index is 1510. The molecule has 8 heteroatoms. The van der Waals surface area contributed by atoms with Gasteiger partial charge in [0.25, 0.3) is 5.91 Å². The number of thiol groups is 1. The molecule has 0 aliphatic rings. The molecule has 7 nitrogen and oxygen atoms in total. The molecule has 43 heavy (non-hydrogen) atoms. The first-order valence-corrected chi connectivity index (χ1v) is 15.1. The van der Waals surface area contributed by atoms with Gasteiger partial charge in [-0.2, -0.15) is 0 Å². The van der Waals surface area contributed by atoms with Crippen LogP contribution in [0.2, 0.25) is 0 Å². The fraction of sp³-hybridized carbons (Fsp3) is 0.257. The molecule has 0 fully saturated rings. The molecular weight excluding hydrogens is 554 g/mol. The number of anilines is 2. The predicted molar refractivity (Wildman–Crippen MR) is 184 cm³/mol. The zero-order valence-electron chi connectivity index (χ0n) is 25.7. The van der Waals surface area contributed by atoms with E-state index < -0.39 is 0 Å². The van der Waals surface area contributed by atoms with Crippen LogP contribution in [0.25, 0.3) is 15.9 Å². The van der Waals surface area contributed by atoms with Crippen LogP contribution in [0.5, 0.6) is 0 Å². The molecule has 0 radical (unpaired) electrons. The van der Waals surface area contributed by atoms with E-state index in [0.717, 1.165) is 47.3 Å². The number of pyridine rings is 1. The van der Waals surface area contributed by atoms with E-state index in [1.54, 1.807) is 24.5 Å². The number of carbonyl (C=O) groups is 2. The Hall–Kier alpha value is -4.43. The van der Waals surface area contributed by atoms with Gasteiger partial charge in [-0.3, -0.25) is 19.9 Å². The number of carbonyl (C=O) groups excluding carboxylic acids is 2. The molecule has 0 atom stereocenters. The molecule has 4 aromatic rings. The fourth-order valence-electron chi connectivity index (χ4n) is 3.92. The minimum Gasteiger partial charge on any atom is -0.322 e. The van der Waals surface area contributed by atoms with Gasteiger partial charge in [-0.1, -0.05) is 75.4 Å². The third-order valence-corrected chi connectivity index (χ3v) is 6.45. The quantitative estimate of drug-likeness (QED) is 0.0967. The highest BCUT2D eigenvalue weighted by Crippen LogP contribution is 2.24. The maximum Gasteiger partial charge on any atom is 0.255 e. The molecular formula is C35H43N5O2S. The number of aryl methyl sites for hydroxylation is 1. The van der Waals surface area contributed by atoms with Gasteiger partial charge in [0.2, 0.25) is 11.9 Å². The van der Waals surface area contributed by atoms with E-state index in [2.05, 4.69) is 64.5 Å². The number of unbranched alkanes of at least 4 members (excludes halogenated alkanes) is 1. The smallest absolute Gasteiger partial charge is 0.255 e. The molecule has 0 aliphatic heterocycles. The second-order valence-corrected chi connectivity index (χ2v) is 9.60. The first kappa shape index (κ1) is 34.8. The molecule has 0 unspecified atom stereocenters. The van der Waals surface area contributed by atoms with E-state index in [0.29, 0.717) is 17.2 Å². The maximum absolute atomic E-state index is 12.4. The Labute approximate surface area is 261 Å². The summed E-state index contributed by atoms with van der Waals surface area (Å²) in [7, 11) is 0. The van der Waals surface area contributed by atoms with Gasteiger partial charge in [0, 0.05) is 47.6 Å². The topological polar surface area (TPSA) is 88.9 Å². The number of fused-ring (bicyclic) bond motifs is 1. The van der Waals surface area contributed by atoms with Crippen molar-refractivity contribution in [2.24, 2.45) is 0 Å². The summed E-state index contributed by atoms with van der Waals surface area (Å²) < 4.78 is 2.01. The van der Waals surface area contributed by atoms with Crippen molar-refractivity contribution < 1.29 is 9.59 Å². The number of hydrogen-bond donors (Lipinski definition) is 3. The molecule has 0 bridgehead atoms. The number of aromatic nitrogens is 3. The van der Waals surface area contributed by atoms with Gasteiger partial charge in [-0.05, 0) is 62.6 Å². The summed E-state index contributed by atoms with van der Waals surface area (Å²) in [5.74, 6) is 0.174. The Balaban J connectivity index is 0.000000451. The molecule has 0 saturated carbocycles. The van der Waals surface area contributed by atoms with Gasteiger partial charge >= 0.3 is 0 Å². The summed E-state index contributed by atoms with van der Waals surface area (Å²) in [6.07, 6.45) is 16.7. The van der Waals surface area contributed by atoms with Crippen LogP contribution < -0.4 is 10.6 Å². The molecule has 0 spiro atoms. The number of rotatable bonds is 10. The van der Waals surface area contributed by atoms with Gasteiger partial charge in [0.05, 0.1) is 11.0 Å². The SMILES string of the molecule is C/C=C(\S)c1cccnc1.CC.CC/C=C\C=C/CCCn1c(NC(C)=O)nc2cc(NC(=O)c3ccccc3)ccc21. The highest BCUT2D eigenvalue weighted by atomic mass is 32.1. The van der Waals surface area contributed by atoms with E-state index in [-0.39, 0.29) is 11.8 Å². The average molecular weight is 598 g/mol. The second-order valence-electron chi connectivity index (χ2n) is 9.11. The highest BCUT2D eigenvalue weighted by Gasteiger charge is 2.13. The van der Waals surface area contributed by atoms with Gasteiger partial charge in [-0.25, -0.2) is 4.98 Å². The summed E-state index contributed by atoms with van der Waals surface area (Å²) >= 11 is 4.24. The van der Waals surface area contributed by atoms with E-state index in [4.69, 9.17) is 0 Å². The average Bonchev–Trinajstić information content (AvgIpc) is 3.37. The lowest BCUT2D eigenvalue weighted by atomic mass is 10.2. The third kappa shape index (κ3) is 11.8. The number of imidazole rings is 1. The lowest BCUT2D eigenvalue weighted by Crippen LogP contribution is -2.12. The third-order valence-electron chi connectivity index (χ3n) is 5.93. The second kappa shape index (κ2) is 19.6. The van der Waals surface area contributed by atoms with Crippen molar-refractivity contribution in [3.8, 4) is 0 Å². The molecule has 2 aromatic carbocycles. The molecule has 4 rings (SSSR count). The zero-order valence-corrected chi connectivity index (χ0v) is 26.6. The first-order valence-electron chi connectivity index (χ1n) is 14.6. The Morgan fingerprint density at radius 3 is 2.33 bits per heavy atom. The number of benzene rings is 2. The lowest BCUT2D eigenvalue weighted by molar-refractivity contribution is -0.114. The van der Waals surface area contributed by atoms with Crippen LogP contribution in [0, 0.1) is 0 Å². The van der Waals surface area contributed by atoms with E-state index in [9.17, 15) is 9.59 Å². The van der Waals surface area contributed by atoms with Crippen LogP contribution in [0.15, 0.2) is 103 Å². The molecule has 2 amide bonds. The largest absolute Gasteiger partial charge is 0.322 e. The summed E-state index contributed by atoms with van der Waals surface area (Å²) in [4.78, 5) is 33.6. The lowest BCUT2D eigenvalue weighted by Gasteiger charge is -2.09.